The molecular weight excluding hydrogens is 262 g/mol. The fourth-order valence-corrected chi connectivity index (χ4v) is 1.87. The van der Waals surface area contributed by atoms with Gasteiger partial charge in [-0.15, -0.1) is 0 Å². The number of nitrogens with zero attached hydrogens (tertiary/aromatic N) is 2. The molecule has 0 aliphatic heterocycles. The van der Waals surface area contributed by atoms with Gasteiger partial charge in [0.1, 0.15) is 22.5 Å². The number of aryl methyl sites for hydroxylation is 1. The maximum Gasteiger partial charge on any atom is 0.138 e. The summed E-state index contributed by atoms with van der Waals surface area (Å²) in [6.07, 6.45) is 0. The van der Waals surface area contributed by atoms with Gasteiger partial charge in [0, 0.05) is 11.3 Å². The second-order valence-corrected chi connectivity index (χ2v) is 4.48. The monoisotopic (exact) mass is 277 g/mol. The fourth-order valence-electron chi connectivity index (χ4n) is 1.65. The lowest BCUT2D eigenvalue weighted by Crippen LogP contribution is -2.01. The number of nitrogens with one attached hydrogen (secondary N) is 1. The highest BCUT2D eigenvalue weighted by molar-refractivity contribution is 6.30. The SMILES string of the molecule is CCOc1ccc(Nc2nc(C)nc(Cl)c2C)cc1. The molecule has 0 fully saturated rings. The van der Waals surface area contributed by atoms with Crippen molar-refractivity contribution < 1.29 is 4.74 Å². The van der Waals surface area contributed by atoms with Crippen LogP contribution in [0.25, 0.3) is 0 Å². The van der Waals surface area contributed by atoms with Crippen molar-refractivity contribution in [3.8, 4) is 5.75 Å². The van der Waals surface area contributed by atoms with E-state index in [-0.39, 0.29) is 0 Å². The molecule has 0 radical (unpaired) electrons. The van der Waals surface area contributed by atoms with Gasteiger partial charge in [-0.2, -0.15) is 0 Å². The van der Waals surface area contributed by atoms with Gasteiger partial charge in [0.15, 0.2) is 0 Å². The Morgan fingerprint density at radius 3 is 2.47 bits per heavy atom. The molecule has 0 aliphatic carbocycles. The van der Waals surface area contributed by atoms with Gasteiger partial charge in [-0.1, -0.05) is 11.6 Å². The summed E-state index contributed by atoms with van der Waals surface area (Å²) in [5.74, 6) is 2.22. The first-order valence-electron chi connectivity index (χ1n) is 6.10. The Balaban J connectivity index is 2.21. The quantitative estimate of drug-likeness (QED) is 0.861. The largest absolute Gasteiger partial charge is 0.494 e. The van der Waals surface area contributed by atoms with Crippen LogP contribution in [0.3, 0.4) is 0 Å². The highest BCUT2D eigenvalue weighted by Gasteiger charge is 2.07. The smallest absolute Gasteiger partial charge is 0.138 e. The molecule has 0 aliphatic rings. The molecule has 0 atom stereocenters. The third-order valence-corrected chi connectivity index (χ3v) is 2.99. The van der Waals surface area contributed by atoms with Crippen LogP contribution < -0.4 is 10.1 Å². The second kappa shape index (κ2) is 5.89. The Hall–Kier alpha value is -1.81. The average molecular weight is 278 g/mol. The molecule has 0 unspecified atom stereocenters. The number of halogens is 1. The molecule has 19 heavy (non-hydrogen) atoms. The van der Waals surface area contributed by atoms with Crippen molar-refractivity contribution in [1.29, 1.82) is 0 Å². The summed E-state index contributed by atoms with van der Waals surface area (Å²) in [7, 11) is 0. The molecule has 0 saturated carbocycles. The summed E-state index contributed by atoms with van der Waals surface area (Å²) in [5, 5.41) is 3.71. The van der Waals surface area contributed by atoms with E-state index in [4.69, 9.17) is 16.3 Å². The lowest BCUT2D eigenvalue weighted by Gasteiger charge is -2.11. The van der Waals surface area contributed by atoms with Crippen molar-refractivity contribution in [3.05, 3.63) is 40.8 Å². The van der Waals surface area contributed by atoms with Crippen LogP contribution in [0, 0.1) is 13.8 Å². The van der Waals surface area contributed by atoms with Gasteiger partial charge in [0.05, 0.1) is 6.61 Å². The first kappa shape index (κ1) is 13.6. The number of anilines is 2. The highest BCUT2D eigenvalue weighted by Crippen LogP contribution is 2.24. The minimum absolute atomic E-state index is 0.473. The third-order valence-electron chi connectivity index (χ3n) is 2.63. The minimum Gasteiger partial charge on any atom is -0.494 e. The summed E-state index contributed by atoms with van der Waals surface area (Å²) in [6.45, 7) is 6.32. The Labute approximate surface area is 117 Å². The van der Waals surface area contributed by atoms with Crippen LogP contribution in [0.15, 0.2) is 24.3 Å². The van der Waals surface area contributed by atoms with E-state index in [0.717, 1.165) is 22.8 Å². The normalized spacial score (nSPS) is 10.3. The molecule has 1 aromatic carbocycles. The summed E-state index contributed by atoms with van der Waals surface area (Å²) in [5.41, 5.74) is 1.77. The summed E-state index contributed by atoms with van der Waals surface area (Å²) in [4.78, 5) is 8.46. The summed E-state index contributed by atoms with van der Waals surface area (Å²) < 4.78 is 5.40. The predicted octanol–water partition coefficient (Wildman–Crippen LogP) is 3.89. The number of hydrogen-bond donors (Lipinski definition) is 1. The number of aromatic nitrogens is 2. The second-order valence-electron chi connectivity index (χ2n) is 4.12. The Morgan fingerprint density at radius 1 is 1.16 bits per heavy atom. The average Bonchev–Trinajstić information content (AvgIpc) is 2.38. The molecule has 0 amide bonds. The lowest BCUT2D eigenvalue weighted by atomic mass is 10.2. The molecule has 0 spiro atoms. The zero-order chi connectivity index (χ0) is 13.8. The molecule has 1 N–H and O–H groups in total. The molecule has 2 rings (SSSR count). The fraction of sp³-hybridized carbons (Fsp3) is 0.286. The molecule has 0 bridgehead atoms. The first-order valence-corrected chi connectivity index (χ1v) is 6.48. The molecule has 4 nitrogen and oxygen atoms in total. The van der Waals surface area contributed by atoms with Crippen molar-refractivity contribution in [3.63, 3.8) is 0 Å². The molecular formula is C14H16ClN3O. The Kier molecular flexibility index (Phi) is 4.22. The molecule has 2 aromatic rings. The molecule has 1 heterocycles. The number of benzene rings is 1. The maximum atomic E-state index is 6.04. The van der Waals surface area contributed by atoms with E-state index in [1.807, 2.05) is 45.0 Å². The van der Waals surface area contributed by atoms with Gasteiger partial charge < -0.3 is 10.1 Å². The van der Waals surface area contributed by atoms with E-state index in [1.165, 1.54) is 0 Å². The van der Waals surface area contributed by atoms with E-state index in [9.17, 15) is 0 Å². The van der Waals surface area contributed by atoms with Gasteiger partial charge in [-0.05, 0) is 45.0 Å². The summed E-state index contributed by atoms with van der Waals surface area (Å²) in [6, 6.07) is 7.71. The van der Waals surface area contributed by atoms with Gasteiger partial charge in [0.25, 0.3) is 0 Å². The van der Waals surface area contributed by atoms with E-state index in [0.29, 0.717) is 17.6 Å². The van der Waals surface area contributed by atoms with E-state index in [2.05, 4.69) is 15.3 Å². The molecule has 5 heteroatoms. The minimum atomic E-state index is 0.473. The van der Waals surface area contributed by atoms with Crippen molar-refractivity contribution in [2.45, 2.75) is 20.8 Å². The maximum absolute atomic E-state index is 6.04. The van der Waals surface area contributed by atoms with Crippen LogP contribution in [0.5, 0.6) is 5.75 Å². The molecule has 1 aromatic heterocycles. The number of rotatable bonds is 4. The van der Waals surface area contributed by atoms with Crippen LogP contribution in [0.2, 0.25) is 5.15 Å². The number of ether oxygens (including phenoxy) is 1. The van der Waals surface area contributed by atoms with E-state index in [1.54, 1.807) is 0 Å². The van der Waals surface area contributed by atoms with Gasteiger partial charge >= 0.3 is 0 Å². The van der Waals surface area contributed by atoms with Crippen LogP contribution in [0.1, 0.15) is 18.3 Å². The van der Waals surface area contributed by atoms with Crippen molar-refractivity contribution in [2.24, 2.45) is 0 Å². The zero-order valence-electron chi connectivity index (χ0n) is 11.2. The van der Waals surface area contributed by atoms with E-state index < -0.39 is 0 Å². The predicted molar refractivity (Wildman–Crippen MR) is 77.4 cm³/mol. The van der Waals surface area contributed by atoms with Crippen molar-refractivity contribution in [2.75, 3.05) is 11.9 Å². The molecule has 0 saturated heterocycles. The van der Waals surface area contributed by atoms with Crippen LogP contribution in [-0.4, -0.2) is 16.6 Å². The Morgan fingerprint density at radius 2 is 1.84 bits per heavy atom. The van der Waals surface area contributed by atoms with Crippen LogP contribution >= 0.6 is 11.6 Å². The van der Waals surface area contributed by atoms with Crippen molar-refractivity contribution >= 4 is 23.1 Å². The lowest BCUT2D eigenvalue weighted by molar-refractivity contribution is 0.340. The first-order chi connectivity index (χ1) is 9.10. The highest BCUT2D eigenvalue weighted by atomic mass is 35.5. The third kappa shape index (κ3) is 3.35. The van der Waals surface area contributed by atoms with Crippen LogP contribution in [0.4, 0.5) is 11.5 Å². The topological polar surface area (TPSA) is 47.0 Å². The summed E-state index contributed by atoms with van der Waals surface area (Å²) >= 11 is 6.04. The van der Waals surface area contributed by atoms with Crippen LogP contribution in [-0.2, 0) is 0 Å². The van der Waals surface area contributed by atoms with E-state index >= 15 is 0 Å². The standard InChI is InChI=1S/C14H16ClN3O/c1-4-19-12-7-5-11(6-8-12)18-14-9(2)13(15)16-10(3)17-14/h5-8H,4H2,1-3H3,(H,16,17,18). The zero-order valence-corrected chi connectivity index (χ0v) is 12.0. The van der Waals surface area contributed by atoms with Gasteiger partial charge in [-0.3, -0.25) is 0 Å². The molecule has 100 valence electrons. The Bertz CT molecular complexity index is 570. The van der Waals surface area contributed by atoms with Gasteiger partial charge in [-0.25, -0.2) is 9.97 Å². The van der Waals surface area contributed by atoms with Gasteiger partial charge in [0.2, 0.25) is 0 Å². The number of hydrogen-bond acceptors (Lipinski definition) is 4. The van der Waals surface area contributed by atoms with Crippen molar-refractivity contribution in [1.82, 2.24) is 9.97 Å².